The van der Waals surface area contributed by atoms with E-state index in [0.29, 0.717) is 0 Å². The van der Waals surface area contributed by atoms with Crippen LogP contribution in [0.2, 0.25) is 0 Å². The van der Waals surface area contributed by atoms with E-state index in [-0.39, 0.29) is 5.82 Å². The van der Waals surface area contributed by atoms with Gasteiger partial charge in [-0.1, -0.05) is 107 Å². The highest BCUT2D eigenvalue weighted by Crippen LogP contribution is 2.34. The zero-order valence-electron chi connectivity index (χ0n) is 20.7. The SMILES string of the molecule is CCCC1CCC(CCc2ccc(-c3ccc(C#Cc4cc(F)ccc4CC)cc3)cc2)CC1. The lowest BCUT2D eigenvalue weighted by Gasteiger charge is -2.28. The zero-order valence-corrected chi connectivity index (χ0v) is 20.7. The highest BCUT2D eigenvalue weighted by Gasteiger charge is 2.20. The molecule has 0 unspecified atom stereocenters. The Hall–Kier alpha value is -2.85. The van der Waals surface area contributed by atoms with Crippen molar-refractivity contribution in [3.63, 3.8) is 0 Å². The van der Waals surface area contributed by atoms with Gasteiger partial charge in [-0.2, -0.15) is 0 Å². The van der Waals surface area contributed by atoms with Crippen LogP contribution in [0.25, 0.3) is 11.1 Å². The van der Waals surface area contributed by atoms with E-state index in [1.54, 1.807) is 0 Å². The molecule has 0 N–H and O–H groups in total. The summed E-state index contributed by atoms with van der Waals surface area (Å²) in [7, 11) is 0. The number of halogens is 1. The molecule has 0 bridgehead atoms. The first-order chi connectivity index (χ1) is 16.6. The van der Waals surface area contributed by atoms with Crippen molar-refractivity contribution in [1.29, 1.82) is 0 Å². The van der Waals surface area contributed by atoms with Gasteiger partial charge in [-0.25, -0.2) is 4.39 Å². The second-order valence-corrected chi connectivity index (χ2v) is 9.89. The van der Waals surface area contributed by atoms with Gasteiger partial charge in [-0.05, 0) is 77.6 Å². The second-order valence-electron chi connectivity index (χ2n) is 9.89. The first kappa shape index (κ1) is 24.3. The Morgan fingerprint density at radius 2 is 1.35 bits per heavy atom. The van der Waals surface area contributed by atoms with E-state index < -0.39 is 0 Å². The summed E-state index contributed by atoms with van der Waals surface area (Å²) in [4.78, 5) is 0. The van der Waals surface area contributed by atoms with Gasteiger partial charge in [0.05, 0.1) is 0 Å². The first-order valence-corrected chi connectivity index (χ1v) is 13.1. The van der Waals surface area contributed by atoms with E-state index in [0.717, 1.165) is 34.9 Å². The molecule has 0 aromatic heterocycles. The maximum atomic E-state index is 13.6. The van der Waals surface area contributed by atoms with Crippen LogP contribution in [-0.2, 0) is 12.8 Å². The molecule has 0 amide bonds. The fraction of sp³-hybridized carbons (Fsp3) is 0.394. The summed E-state index contributed by atoms with van der Waals surface area (Å²) in [5.41, 5.74) is 6.68. The molecule has 1 fully saturated rings. The topological polar surface area (TPSA) is 0 Å². The molecule has 0 atom stereocenters. The Labute approximate surface area is 205 Å². The third-order valence-electron chi connectivity index (χ3n) is 7.47. The van der Waals surface area contributed by atoms with Gasteiger partial charge in [0.25, 0.3) is 0 Å². The molecule has 0 heterocycles. The molecule has 0 aliphatic heterocycles. The lowest BCUT2D eigenvalue weighted by Crippen LogP contribution is -2.15. The highest BCUT2D eigenvalue weighted by molar-refractivity contribution is 5.65. The molecule has 34 heavy (non-hydrogen) atoms. The molecule has 1 heteroatoms. The van der Waals surface area contributed by atoms with Crippen LogP contribution in [0.1, 0.15) is 81.0 Å². The van der Waals surface area contributed by atoms with Gasteiger partial charge in [-0.15, -0.1) is 0 Å². The lowest BCUT2D eigenvalue weighted by molar-refractivity contribution is 0.252. The van der Waals surface area contributed by atoms with E-state index in [1.807, 2.05) is 6.07 Å². The van der Waals surface area contributed by atoms with Gasteiger partial charge in [-0.3, -0.25) is 0 Å². The summed E-state index contributed by atoms with van der Waals surface area (Å²) in [5, 5.41) is 0. The smallest absolute Gasteiger partial charge is 0.124 e. The van der Waals surface area contributed by atoms with Gasteiger partial charge in [0.15, 0.2) is 0 Å². The Morgan fingerprint density at radius 3 is 1.97 bits per heavy atom. The number of rotatable bonds is 7. The minimum atomic E-state index is -0.236. The third-order valence-corrected chi connectivity index (χ3v) is 7.47. The molecule has 3 aromatic carbocycles. The molecule has 0 saturated heterocycles. The molecule has 4 rings (SSSR count). The van der Waals surface area contributed by atoms with Crippen molar-refractivity contribution in [2.45, 2.75) is 71.6 Å². The minimum absolute atomic E-state index is 0.236. The monoisotopic (exact) mass is 452 g/mol. The molecule has 1 aliphatic rings. The van der Waals surface area contributed by atoms with Crippen molar-refractivity contribution in [1.82, 2.24) is 0 Å². The summed E-state index contributed by atoms with van der Waals surface area (Å²) >= 11 is 0. The Kier molecular flexibility index (Phi) is 8.59. The lowest BCUT2D eigenvalue weighted by atomic mass is 9.78. The van der Waals surface area contributed by atoms with Crippen LogP contribution in [0.5, 0.6) is 0 Å². The summed E-state index contributed by atoms with van der Waals surface area (Å²) in [5.74, 6) is 8.01. The largest absolute Gasteiger partial charge is 0.207 e. The van der Waals surface area contributed by atoms with Gasteiger partial charge in [0.2, 0.25) is 0 Å². The molecule has 0 nitrogen and oxygen atoms in total. The average molecular weight is 453 g/mol. The van der Waals surface area contributed by atoms with Crippen LogP contribution in [-0.4, -0.2) is 0 Å². The van der Waals surface area contributed by atoms with Gasteiger partial charge < -0.3 is 0 Å². The summed E-state index contributed by atoms with van der Waals surface area (Å²) in [6, 6.07) is 22.3. The summed E-state index contributed by atoms with van der Waals surface area (Å²) in [6.45, 7) is 4.38. The van der Waals surface area contributed by atoms with Crippen LogP contribution in [0.15, 0.2) is 66.7 Å². The molecule has 1 aliphatic carbocycles. The molecule has 0 spiro atoms. The average Bonchev–Trinajstić information content (AvgIpc) is 2.88. The van der Waals surface area contributed by atoms with Gasteiger partial charge >= 0.3 is 0 Å². The van der Waals surface area contributed by atoms with Crippen LogP contribution < -0.4 is 0 Å². The van der Waals surface area contributed by atoms with Crippen LogP contribution >= 0.6 is 0 Å². The third kappa shape index (κ3) is 6.60. The normalized spacial score (nSPS) is 17.7. The minimum Gasteiger partial charge on any atom is -0.207 e. The summed E-state index contributed by atoms with van der Waals surface area (Å²) in [6.07, 6.45) is 11.9. The maximum absolute atomic E-state index is 13.6. The van der Waals surface area contributed by atoms with Crippen molar-refractivity contribution in [3.05, 3.63) is 94.8 Å². The summed E-state index contributed by atoms with van der Waals surface area (Å²) < 4.78 is 13.6. The molecular formula is C33H37F. The fourth-order valence-corrected chi connectivity index (χ4v) is 5.31. The number of hydrogen-bond acceptors (Lipinski definition) is 0. The van der Waals surface area contributed by atoms with E-state index in [2.05, 4.69) is 74.2 Å². The number of hydrogen-bond donors (Lipinski definition) is 0. The van der Waals surface area contributed by atoms with Crippen molar-refractivity contribution in [3.8, 4) is 23.0 Å². The highest BCUT2D eigenvalue weighted by atomic mass is 19.1. The Bertz CT molecular complexity index is 1100. The van der Waals surface area contributed by atoms with E-state index in [4.69, 9.17) is 0 Å². The van der Waals surface area contributed by atoms with Crippen LogP contribution in [0.3, 0.4) is 0 Å². The second kappa shape index (κ2) is 12.0. The van der Waals surface area contributed by atoms with Crippen molar-refractivity contribution >= 4 is 0 Å². The van der Waals surface area contributed by atoms with Crippen LogP contribution in [0, 0.1) is 29.5 Å². The van der Waals surface area contributed by atoms with Crippen molar-refractivity contribution < 1.29 is 4.39 Å². The Balaban J connectivity index is 1.33. The molecule has 176 valence electrons. The van der Waals surface area contributed by atoms with Gasteiger partial charge in [0, 0.05) is 11.1 Å². The van der Waals surface area contributed by atoms with Crippen LogP contribution in [0.4, 0.5) is 4.39 Å². The predicted molar refractivity (Wildman–Crippen MR) is 142 cm³/mol. The van der Waals surface area contributed by atoms with Gasteiger partial charge in [0.1, 0.15) is 5.82 Å². The van der Waals surface area contributed by atoms with E-state index >= 15 is 0 Å². The quantitative estimate of drug-likeness (QED) is 0.314. The standard InChI is InChI=1S/C33H37F/c1-3-5-25-6-8-26(9-7-25)10-11-27-12-17-30(18-13-27)31-19-14-28(15-20-31)16-21-32-24-33(34)23-22-29(32)4-2/h12-15,17-20,22-26H,3-11H2,1-2H3. The molecular weight excluding hydrogens is 415 g/mol. The predicted octanol–water partition coefficient (Wildman–Crippen LogP) is 8.99. The van der Waals surface area contributed by atoms with Crippen molar-refractivity contribution in [2.24, 2.45) is 11.8 Å². The van der Waals surface area contributed by atoms with E-state index in [9.17, 15) is 4.39 Å². The maximum Gasteiger partial charge on any atom is 0.124 e. The van der Waals surface area contributed by atoms with Crippen molar-refractivity contribution in [2.75, 3.05) is 0 Å². The molecule has 3 aromatic rings. The zero-order chi connectivity index (χ0) is 23.8. The number of benzene rings is 3. The Morgan fingerprint density at radius 1 is 0.735 bits per heavy atom. The molecule has 1 saturated carbocycles. The molecule has 0 radical (unpaired) electrons. The number of aryl methyl sites for hydroxylation is 2. The first-order valence-electron chi connectivity index (χ1n) is 13.1. The van der Waals surface area contributed by atoms with E-state index in [1.165, 1.54) is 80.2 Å². The fourth-order valence-electron chi connectivity index (χ4n) is 5.31.